The quantitative estimate of drug-likeness (QED) is 0.749. The summed E-state index contributed by atoms with van der Waals surface area (Å²) in [4.78, 5) is 14.1. The molecule has 0 spiro atoms. The molecule has 0 bridgehead atoms. The molecule has 0 aliphatic rings. The molecule has 116 valence electrons. The predicted molar refractivity (Wildman–Crippen MR) is 91.4 cm³/mol. The number of rotatable bonds is 5. The molecular weight excluding hydrogens is 342 g/mol. The molecular formula is C18H20BrNO2. The van der Waals surface area contributed by atoms with E-state index in [9.17, 15) is 4.79 Å². The molecule has 0 atom stereocenters. The molecule has 1 amide bonds. The van der Waals surface area contributed by atoms with Crippen LogP contribution in [0.5, 0.6) is 0 Å². The number of carbonyl (C=O) groups excluding carboxylic acids is 1. The third-order valence-corrected chi connectivity index (χ3v) is 3.80. The number of amides is 1. The summed E-state index contributed by atoms with van der Waals surface area (Å²) in [6.45, 7) is 4.80. The van der Waals surface area contributed by atoms with Crippen LogP contribution < -0.4 is 0 Å². The van der Waals surface area contributed by atoms with Crippen molar-refractivity contribution in [3.8, 4) is 0 Å². The van der Waals surface area contributed by atoms with Crippen LogP contribution in [0.3, 0.4) is 0 Å². The van der Waals surface area contributed by atoms with Gasteiger partial charge in [-0.05, 0) is 37.1 Å². The first-order valence-electron chi connectivity index (χ1n) is 7.28. The average Bonchev–Trinajstić information content (AvgIpc) is 2.51. The Morgan fingerprint density at radius 3 is 2.41 bits per heavy atom. The second-order valence-corrected chi connectivity index (χ2v) is 6.31. The van der Waals surface area contributed by atoms with Crippen molar-refractivity contribution in [2.45, 2.75) is 33.0 Å². The van der Waals surface area contributed by atoms with Gasteiger partial charge in [0.15, 0.2) is 0 Å². The number of benzene rings is 2. The van der Waals surface area contributed by atoms with Gasteiger partial charge in [-0.2, -0.15) is 0 Å². The first-order valence-corrected chi connectivity index (χ1v) is 8.07. The monoisotopic (exact) mass is 361 g/mol. The highest BCUT2D eigenvalue weighted by atomic mass is 79.9. The van der Waals surface area contributed by atoms with Gasteiger partial charge in [0.25, 0.3) is 0 Å². The Labute approximate surface area is 140 Å². The molecule has 4 heteroatoms. The van der Waals surface area contributed by atoms with Crippen molar-refractivity contribution >= 4 is 22.0 Å². The predicted octanol–water partition coefficient (Wildman–Crippen LogP) is 5.00. The Balaban J connectivity index is 1.99. The van der Waals surface area contributed by atoms with Crippen molar-refractivity contribution in [2.75, 3.05) is 0 Å². The van der Waals surface area contributed by atoms with Crippen molar-refractivity contribution < 1.29 is 9.53 Å². The molecule has 0 radical (unpaired) electrons. The van der Waals surface area contributed by atoms with Gasteiger partial charge in [0, 0.05) is 17.1 Å². The minimum Gasteiger partial charge on any atom is -0.445 e. The molecule has 2 aromatic carbocycles. The third-order valence-electron chi connectivity index (χ3n) is 3.30. The van der Waals surface area contributed by atoms with Crippen LogP contribution in [0, 0.1) is 0 Å². The summed E-state index contributed by atoms with van der Waals surface area (Å²) >= 11 is 3.45. The Hall–Kier alpha value is -1.81. The lowest BCUT2D eigenvalue weighted by atomic mass is 10.2. The summed E-state index contributed by atoms with van der Waals surface area (Å²) < 4.78 is 6.44. The molecule has 0 saturated heterocycles. The summed E-state index contributed by atoms with van der Waals surface area (Å²) in [6.07, 6.45) is -0.293. The van der Waals surface area contributed by atoms with Crippen LogP contribution in [-0.4, -0.2) is 17.0 Å². The van der Waals surface area contributed by atoms with Gasteiger partial charge >= 0.3 is 6.09 Å². The molecule has 0 fully saturated rings. The lowest BCUT2D eigenvalue weighted by Gasteiger charge is -2.26. The van der Waals surface area contributed by atoms with Crippen LogP contribution in [0.25, 0.3) is 0 Å². The summed E-state index contributed by atoms with van der Waals surface area (Å²) in [5.74, 6) is 0. The van der Waals surface area contributed by atoms with E-state index in [1.54, 1.807) is 4.90 Å². The second kappa shape index (κ2) is 7.99. The molecule has 0 saturated carbocycles. The smallest absolute Gasteiger partial charge is 0.410 e. The first-order chi connectivity index (χ1) is 10.6. The van der Waals surface area contributed by atoms with Gasteiger partial charge in [0.2, 0.25) is 0 Å². The zero-order valence-electron chi connectivity index (χ0n) is 12.8. The van der Waals surface area contributed by atoms with Gasteiger partial charge < -0.3 is 9.64 Å². The number of hydrogen-bond donors (Lipinski definition) is 0. The molecule has 0 aliphatic heterocycles. The lowest BCUT2D eigenvalue weighted by Crippen LogP contribution is -2.36. The molecule has 0 unspecified atom stereocenters. The number of nitrogens with zero attached hydrogens (tertiary/aromatic N) is 1. The van der Waals surface area contributed by atoms with Gasteiger partial charge in [-0.25, -0.2) is 4.79 Å². The number of ether oxygens (including phenoxy) is 1. The lowest BCUT2D eigenvalue weighted by molar-refractivity contribution is 0.0829. The van der Waals surface area contributed by atoms with E-state index in [4.69, 9.17) is 4.74 Å². The maximum Gasteiger partial charge on any atom is 0.410 e. The van der Waals surface area contributed by atoms with Gasteiger partial charge in [0.1, 0.15) is 6.61 Å². The van der Waals surface area contributed by atoms with Crippen LogP contribution >= 0.6 is 15.9 Å². The van der Waals surface area contributed by atoms with E-state index in [0.717, 1.165) is 15.6 Å². The number of hydrogen-bond acceptors (Lipinski definition) is 2. The average molecular weight is 362 g/mol. The molecule has 2 aromatic rings. The summed E-state index contributed by atoms with van der Waals surface area (Å²) in [6, 6.07) is 17.7. The van der Waals surface area contributed by atoms with E-state index in [1.807, 2.05) is 68.4 Å². The molecule has 22 heavy (non-hydrogen) atoms. The Morgan fingerprint density at radius 1 is 1.09 bits per heavy atom. The van der Waals surface area contributed by atoms with E-state index < -0.39 is 0 Å². The first kappa shape index (κ1) is 16.6. The van der Waals surface area contributed by atoms with Gasteiger partial charge in [0.05, 0.1) is 0 Å². The summed E-state index contributed by atoms with van der Waals surface area (Å²) in [7, 11) is 0. The minimum atomic E-state index is -0.293. The highest BCUT2D eigenvalue weighted by Gasteiger charge is 2.19. The molecule has 0 N–H and O–H groups in total. The highest BCUT2D eigenvalue weighted by Crippen LogP contribution is 2.16. The van der Waals surface area contributed by atoms with Crippen LogP contribution in [0.1, 0.15) is 25.0 Å². The van der Waals surface area contributed by atoms with Gasteiger partial charge in [-0.1, -0.05) is 58.4 Å². The molecule has 3 nitrogen and oxygen atoms in total. The molecule has 0 aromatic heterocycles. The number of halogens is 1. The largest absolute Gasteiger partial charge is 0.445 e. The van der Waals surface area contributed by atoms with Crippen molar-refractivity contribution in [1.82, 2.24) is 4.90 Å². The fraction of sp³-hybridized carbons (Fsp3) is 0.278. The van der Waals surface area contributed by atoms with Crippen LogP contribution in [-0.2, 0) is 17.9 Å². The Morgan fingerprint density at radius 2 is 1.77 bits per heavy atom. The van der Waals surface area contributed by atoms with E-state index in [1.165, 1.54) is 0 Å². The maximum atomic E-state index is 12.3. The van der Waals surface area contributed by atoms with Crippen molar-refractivity contribution in [3.05, 3.63) is 70.2 Å². The normalized spacial score (nSPS) is 10.5. The highest BCUT2D eigenvalue weighted by molar-refractivity contribution is 9.10. The minimum absolute atomic E-state index is 0.0715. The van der Waals surface area contributed by atoms with Crippen LogP contribution in [0.2, 0.25) is 0 Å². The van der Waals surface area contributed by atoms with Crippen molar-refractivity contribution in [2.24, 2.45) is 0 Å². The van der Waals surface area contributed by atoms with Crippen LogP contribution in [0.15, 0.2) is 59.1 Å². The van der Waals surface area contributed by atoms with Gasteiger partial charge in [-0.15, -0.1) is 0 Å². The molecule has 2 rings (SSSR count). The SMILES string of the molecule is CC(C)N(Cc1cccc(Br)c1)C(=O)OCc1ccccc1. The van der Waals surface area contributed by atoms with Crippen molar-refractivity contribution in [1.29, 1.82) is 0 Å². The van der Waals surface area contributed by atoms with Crippen molar-refractivity contribution in [3.63, 3.8) is 0 Å². The zero-order valence-corrected chi connectivity index (χ0v) is 14.4. The fourth-order valence-corrected chi connectivity index (χ4v) is 2.54. The standard InChI is InChI=1S/C18H20BrNO2/c1-14(2)20(12-16-9-6-10-17(19)11-16)18(21)22-13-15-7-4-3-5-8-15/h3-11,14H,12-13H2,1-2H3. The van der Waals surface area contributed by atoms with Gasteiger partial charge in [-0.3, -0.25) is 0 Å². The number of carbonyl (C=O) groups is 1. The fourth-order valence-electron chi connectivity index (χ4n) is 2.09. The summed E-state index contributed by atoms with van der Waals surface area (Å²) in [5.41, 5.74) is 2.06. The maximum absolute atomic E-state index is 12.3. The Bertz CT molecular complexity index is 613. The van der Waals surface area contributed by atoms with E-state index in [2.05, 4.69) is 15.9 Å². The van der Waals surface area contributed by atoms with E-state index in [-0.39, 0.29) is 12.1 Å². The van der Waals surface area contributed by atoms with E-state index >= 15 is 0 Å². The van der Waals surface area contributed by atoms with Crippen LogP contribution in [0.4, 0.5) is 4.79 Å². The van der Waals surface area contributed by atoms with E-state index in [0.29, 0.717) is 13.2 Å². The molecule has 0 aliphatic carbocycles. The topological polar surface area (TPSA) is 29.5 Å². The Kier molecular flexibility index (Phi) is 6.01. The molecule has 0 heterocycles. The third kappa shape index (κ3) is 4.88. The zero-order chi connectivity index (χ0) is 15.9. The second-order valence-electron chi connectivity index (χ2n) is 5.39. The summed E-state index contributed by atoms with van der Waals surface area (Å²) in [5, 5.41) is 0.